The van der Waals surface area contributed by atoms with Crippen molar-refractivity contribution in [3.63, 3.8) is 0 Å². The van der Waals surface area contributed by atoms with Crippen molar-refractivity contribution in [1.29, 1.82) is 0 Å². The summed E-state index contributed by atoms with van der Waals surface area (Å²) in [5.41, 5.74) is 1.30. The summed E-state index contributed by atoms with van der Waals surface area (Å²) < 4.78 is 42.9. The predicted octanol–water partition coefficient (Wildman–Crippen LogP) is 2.00. The van der Waals surface area contributed by atoms with Gasteiger partial charge in [-0.25, -0.2) is 13.1 Å². The van der Waals surface area contributed by atoms with Gasteiger partial charge >= 0.3 is 0 Å². The normalized spacial score (nSPS) is 13.9. The number of nitrogens with zero attached hydrogens (tertiary/aromatic N) is 1. The molecule has 9 heteroatoms. The first kappa shape index (κ1) is 21.1. The van der Waals surface area contributed by atoms with Crippen LogP contribution in [0.5, 0.6) is 11.5 Å². The fourth-order valence-corrected chi connectivity index (χ4v) is 4.23. The highest BCUT2D eigenvalue weighted by Crippen LogP contribution is 2.32. The van der Waals surface area contributed by atoms with Gasteiger partial charge in [0.15, 0.2) is 11.5 Å². The van der Waals surface area contributed by atoms with E-state index in [1.54, 1.807) is 18.9 Å². The Labute approximate surface area is 170 Å². The summed E-state index contributed by atoms with van der Waals surface area (Å²) in [4.78, 5) is 14.3. The van der Waals surface area contributed by atoms with Crippen LogP contribution in [-0.2, 0) is 21.3 Å². The van der Waals surface area contributed by atoms with Gasteiger partial charge in [-0.2, -0.15) is 0 Å². The second-order valence-corrected chi connectivity index (χ2v) is 8.56. The van der Waals surface area contributed by atoms with Crippen molar-refractivity contribution in [2.45, 2.75) is 24.4 Å². The maximum Gasteiger partial charge on any atom is 0.253 e. The predicted molar refractivity (Wildman–Crippen MR) is 106 cm³/mol. The summed E-state index contributed by atoms with van der Waals surface area (Å²) >= 11 is 0. The van der Waals surface area contributed by atoms with E-state index in [9.17, 15) is 13.2 Å². The van der Waals surface area contributed by atoms with Gasteiger partial charge in [0.25, 0.3) is 5.91 Å². The lowest BCUT2D eigenvalue weighted by Gasteiger charge is -2.18. The van der Waals surface area contributed by atoms with Crippen LogP contribution in [0.4, 0.5) is 0 Å². The van der Waals surface area contributed by atoms with Crippen molar-refractivity contribution in [2.75, 3.05) is 27.6 Å². The molecule has 0 unspecified atom stereocenters. The van der Waals surface area contributed by atoms with Crippen LogP contribution in [0.3, 0.4) is 0 Å². The highest BCUT2D eigenvalue weighted by atomic mass is 32.2. The largest absolute Gasteiger partial charge is 0.454 e. The first-order valence-corrected chi connectivity index (χ1v) is 10.5. The van der Waals surface area contributed by atoms with Gasteiger partial charge in [0, 0.05) is 32.3 Å². The second kappa shape index (κ2) is 8.81. The average Bonchev–Trinajstić information content (AvgIpc) is 3.15. The number of fused-ring (bicyclic) bond motifs is 1. The molecular weight excluding hydrogens is 396 g/mol. The van der Waals surface area contributed by atoms with E-state index in [1.807, 2.05) is 18.2 Å². The lowest BCUT2D eigenvalue weighted by Crippen LogP contribution is -2.35. The number of hydrogen-bond donors (Lipinski definition) is 1. The molecule has 156 valence electrons. The average molecular weight is 420 g/mol. The number of ether oxygens (including phenoxy) is 3. The maximum absolute atomic E-state index is 12.7. The SMILES string of the molecule is COC[C@@H](C)NS(=O)(=O)c1ccc(C(=O)N(C)Cc2ccc3c(c2)OCO3)cc1. The van der Waals surface area contributed by atoms with Gasteiger partial charge in [-0.05, 0) is 48.9 Å². The van der Waals surface area contributed by atoms with Gasteiger partial charge in [-0.1, -0.05) is 6.07 Å². The molecule has 0 fully saturated rings. The number of amides is 1. The summed E-state index contributed by atoms with van der Waals surface area (Å²) in [7, 11) is -0.488. The van der Waals surface area contributed by atoms with E-state index in [0.29, 0.717) is 23.6 Å². The Bertz CT molecular complexity index is 975. The van der Waals surface area contributed by atoms with Crippen molar-refractivity contribution in [3.8, 4) is 11.5 Å². The zero-order valence-electron chi connectivity index (χ0n) is 16.5. The molecule has 0 radical (unpaired) electrons. The Balaban J connectivity index is 1.66. The number of carbonyl (C=O) groups excluding carboxylic acids is 1. The van der Waals surface area contributed by atoms with Crippen LogP contribution < -0.4 is 14.2 Å². The van der Waals surface area contributed by atoms with Crippen LogP contribution in [0, 0.1) is 0 Å². The lowest BCUT2D eigenvalue weighted by atomic mass is 10.1. The molecule has 0 bridgehead atoms. The third-order valence-electron chi connectivity index (χ3n) is 4.39. The van der Waals surface area contributed by atoms with Crippen LogP contribution in [0.1, 0.15) is 22.8 Å². The molecule has 8 nitrogen and oxygen atoms in total. The Kier molecular flexibility index (Phi) is 6.41. The minimum absolute atomic E-state index is 0.0930. The maximum atomic E-state index is 12.7. The van der Waals surface area contributed by atoms with Gasteiger partial charge in [0.2, 0.25) is 16.8 Å². The zero-order valence-corrected chi connectivity index (χ0v) is 17.4. The van der Waals surface area contributed by atoms with E-state index in [4.69, 9.17) is 14.2 Å². The van der Waals surface area contributed by atoms with E-state index in [-0.39, 0.29) is 30.2 Å². The molecule has 1 heterocycles. The van der Waals surface area contributed by atoms with Crippen molar-refractivity contribution >= 4 is 15.9 Å². The molecule has 1 aliphatic rings. The number of carbonyl (C=O) groups is 1. The number of methoxy groups -OCH3 is 1. The number of nitrogens with one attached hydrogen (secondary N) is 1. The number of benzene rings is 2. The van der Waals surface area contributed by atoms with Crippen LogP contribution in [0.15, 0.2) is 47.4 Å². The zero-order chi connectivity index (χ0) is 21.0. The van der Waals surface area contributed by atoms with Gasteiger partial charge in [-0.15, -0.1) is 0 Å². The lowest BCUT2D eigenvalue weighted by molar-refractivity contribution is 0.0785. The van der Waals surface area contributed by atoms with E-state index in [2.05, 4.69) is 4.72 Å². The molecule has 1 N–H and O–H groups in total. The van der Waals surface area contributed by atoms with Gasteiger partial charge < -0.3 is 19.1 Å². The van der Waals surface area contributed by atoms with E-state index in [0.717, 1.165) is 5.56 Å². The highest BCUT2D eigenvalue weighted by Gasteiger charge is 2.19. The first-order chi connectivity index (χ1) is 13.8. The molecule has 0 saturated carbocycles. The van der Waals surface area contributed by atoms with Crippen molar-refractivity contribution in [2.24, 2.45) is 0 Å². The third kappa shape index (κ3) is 5.06. The van der Waals surface area contributed by atoms with Crippen LogP contribution in [0.25, 0.3) is 0 Å². The van der Waals surface area contributed by atoms with Gasteiger partial charge in [0.05, 0.1) is 11.5 Å². The molecule has 0 aromatic heterocycles. The van der Waals surface area contributed by atoms with E-state index < -0.39 is 10.0 Å². The third-order valence-corrected chi connectivity index (χ3v) is 5.99. The Morgan fingerprint density at radius 3 is 2.55 bits per heavy atom. The van der Waals surface area contributed by atoms with E-state index >= 15 is 0 Å². The fraction of sp³-hybridized carbons (Fsp3) is 0.350. The highest BCUT2D eigenvalue weighted by molar-refractivity contribution is 7.89. The standard InChI is InChI=1S/C20H24N2O6S/c1-14(12-26-3)21-29(24,25)17-7-5-16(6-8-17)20(23)22(2)11-15-4-9-18-19(10-15)28-13-27-18/h4-10,14,21H,11-13H2,1-3H3/t14-/m1/s1. The van der Waals surface area contributed by atoms with Crippen molar-refractivity contribution < 1.29 is 27.4 Å². The molecule has 0 aliphatic carbocycles. The minimum atomic E-state index is -3.68. The molecule has 0 saturated heterocycles. The van der Waals surface area contributed by atoms with Crippen LogP contribution >= 0.6 is 0 Å². The molecule has 0 spiro atoms. The summed E-state index contributed by atoms with van der Waals surface area (Å²) in [6.07, 6.45) is 0. The monoisotopic (exact) mass is 420 g/mol. The first-order valence-electron chi connectivity index (χ1n) is 9.05. The number of hydrogen-bond acceptors (Lipinski definition) is 6. The molecule has 29 heavy (non-hydrogen) atoms. The molecule has 1 atom stereocenters. The molecule has 2 aromatic carbocycles. The topological polar surface area (TPSA) is 94.2 Å². The van der Waals surface area contributed by atoms with Gasteiger partial charge in [0.1, 0.15) is 0 Å². The Hall–Kier alpha value is -2.62. The number of rotatable bonds is 8. The molecule has 3 rings (SSSR count). The van der Waals surface area contributed by atoms with Gasteiger partial charge in [-0.3, -0.25) is 4.79 Å². The molecule has 1 aliphatic heterocycles. The Morgan fingerprint density at radius 2 is 1.86 bits per heavy atom. The summed E-state index contributed by atoms with van der Waals surface area (Å²) in [5, 5.41) is 0. The van der Waals surface area contributed by atoms with E-state index in [1.165, 1.54) is 31.4 Å². The minimum Gasteiger partial charge on any atom is -0.454 e. The quantitative estimate of drug-likeness (QED) is 0.702. The van der Waals surface area contributed by atoms with Crippen molar-refractivity contribution in [1.82, 2.24) is 9.62 Å². The Morgan fingerprint density at radius 1 is 1.17 bits per heavy atom. The fourth-order valence-electron chi connectivity index (χ4n) is 3.00. The van der Waals surface area contributed by atoms with Crippen molar-refractivity contribution in [3.05, 3.63) is 53.6 Å². The summed E-state index contributed by atoms with van der Waals surface area (Å²) in [6.45, 7) is 2.55. The summed E-state index contributed by atoms with van der Waals surface area (Å²) in [6, 6.07) is 11.0. The van der Waals surface area contributed by atoms with Crippen LogP contribution in [0.2, 0.25) is 0 Å². The second-order valence-electron chi connectivity index (χ2n) is 6.85. The molecular formula is C20H24N2O6S. The number of sulfonamides is 1. The molecule has 1 amide bonds. The smallest absolute Gasteiger partial charge is 0.253 e. The molecule has 2 aromatic rings. The van der Waals surface area contributed by atoms with Crippen LogP contribution in [-0.4, -0.2) is 52.8 Å². The summed E-state index contributed by atoms with van der Waals surface area (Å²) in [5.74, 6) is 1.13.